The molecule has 0 fully saturated rings. The van der Waals surface area contributed by atoms with Crippen LogP contribution in [0.4, 0.5) is 5.69 Å². The lowest BCUT2D eigenvalue weighted by molar-refractivity contribution is 0.102. The van der Waals surface area contributed by atoms with Gasteiger partial charge in [0, 0.05) is 18.0 Å². The molecular weight excluding hydrogens is 310 g/mol. The number of hydrogen-bond donors (Lipinski definition) is 1. The second-order valence-corrected chi connectivity index (χ2v) is 5.90. The van der Waals surface area contributed by atoms with Crippen LogP contribution in [-0.4, -0.2) is 15.3 Å². The van der Waals surface area contributed by atoms with E-state index in [0.29, 0.717) is 11.3 Å². The fourth-order valence-electron chi connectivity index (χ4n) is 2.97. The average molecular weight is 327 g/mol. The standard InChI is InChI=1S/C21H17N3O/c1-15-14-24-13-7-12-19(20(24)22-15)23-21(25)18-11-6-5-10-17(18)16-8-3-2-4-9-16/h2-14H,1H3,(H,23,25). The van der Waals surface area contributed by atoms with Crippen LogP contribution in [0.2, 0.25) is 0 Å². The Morgan fingerprint density at radius 3 is 2.56 bits per heavy atom. The number of carbonyl (C=O) groups is 1. The van der Waals surface area contributed by atoms with E-state index < -0.39 is 0 Å². The van der Waals surface area contributed by atoms with Crippen LogP contribution in [0.5, 0.6) is 0 Å². The Kier molecular flexibility index (Phi) is 3.78. The summed E-state index contributed by atoms with van der Waals surface area (Å²) in [5.74, 6) is -0.145. The number of imidazole rings is 1. The van der Waals surface area contributed by atoms with Crippen LogP contribution < -0.4 is 5.32 Å². The van der Waals surface area contributed by atoms with Crippen LogP contribution in [0.25, 0.3) is 16.8 Å². The highest BCUT2D eigenvalue weighted by Crippen LogP contribution is 2.25. The summed E-state index contributed by atoms with van der Waals surface area (Å²) in [6.07, 6.45) is 3.85. The van der Waals surface area contributed by atoms with Crippen molar-refractivity contribution in [2.45, 2.75) is 6.92 Å². The number of aryl methyl sites for hydroxylation is 1. The number of rotatable bonds is 3. The highest BCUT2D eigenvalue weighted by Gasteiger charge is 2.14. The lowest BCUT2D eigenvalue weighted by Gasteiger charge is -2.11. The smallest absolute Gasteiger partial charge is 0.256 e. The van der Waals surface area contributed by atoms with E-state index in [0.717, 1.165) is 22.5 Å². The van der Waals surface area contributed by atoms with Gasteiger partial charge in [0.05, 0.1) is 11.4 Å². The zero-order chi connectivity index (χ0) is 17.2. The van der Waals surface area contributed by atoms with Crippen molar-refractivity contribution in [3.8, 4) is 11.1 Å². The van der Waals surface area contributed by atoms with Gasteiger partial charge in [0.1, 0.15) is 0 Å². The van der Waals surface area contributed by atoms with Gasteiger partial charge in [0.2, 0.25) is 0 Å². The Bertz CT molecular complexity index is 1050. The first-order valence-corrected chi connectivity index (χ1v) is 8.12. The quantitative estimate of drug-likeness (QED) is 0.599. The molecule has 0 saturated carbocycles. The molecule has 1 N–H and O–H groups in total. The lowest BCUT2D eigenvalue weighted by atomic mass is 9.99. The van der Waals surface area contributed by atoms with Gasteiger partial charge in [-0.05, 0) is 36.2 Å². The minimum absolute atomic E-state index is 0.145. The van der Waals surface area contributed by atoms with Crippen LogP contribution in [0.1, 0.15) is 16.1 Å². The third-order valence-corrected chi connectivity index (χ3v) is 4.11. The Morgan fingerprint density at radius 1 is 0.960 bits per heavy atom. The predicted molar refractivity (Wildman–Crippen MR) is 99.8 cm³/mol. The first-order valence-electron chi connectivity index (χ1n) is 8.12. The van der Waals surface area contributed by atoms with Crippen molar-refractivity contribution in [3.63, 3.8) is 0 Å². The maximum Gasteiger partial charge on any atom is 0.256 e. The largest absolute Gasteiger partial charge is 0.319 e. The molecule has 4 aromatic rings. The Hall–Kier alpha value is -3.40. The summed E-state index contributed by atoms with van der Waals surface area (Å²) in [6.45, 7) is 1.93. The van der Waals surface area contributed by atoms with Gasteiger partial charge in [0.25, 0.3) is 5.91 Å². The molecule has 0 atom stereocenters. The number of anilines is 1. The maximum absolute atomic E-state index is 12.9. The molecule has 0 spiro atoms. The number of hydrogen-bond acceptors (Lipinski definition) is 2. The molecule has 0 unspecified atom stereocenters. The number of fused-ring (bicyclic) bond motifs is 1. The molecule has 4 rings (SSSR count). The van der Waals surface area contributed by atoms with E-state index in [1.165, 1.54) is 0 Å². The van der Waals surface area contributed by atoms with Crippen LogP contribution in [-0.2, 0) is 0 Å². The summed E-state index contributed by atoms with van der Waals surface area (Å²) < 4.78 is 1.91. The third-order valence-electron chi connectivity index (χ3n) is 4.11. The lowest BCUT2D eigenvalue weighted by Crippen LogP contribution is -2.14. The summed E-state index contributed by atoms with van der Waals surface area (Å²) >= 11 is 0. The van der Waals surface area contributed by atoms with Gasteiger partial charge in [-0.3, -0.25) is 4.79 Å². The summed E-state index contributed by atoms with van der Waals surface area (Å²) in [5.41, 5.74) is 4.91. The van der Waals surface area contributed by atoms with Gasteiger partial charge in [-0.25, -0.2) is 4.98 Å². The van der Waals surface area contributed by atoms with E-state index in [2.05, 4.69) is 10.3 Å². The molecule has 1 amide bonds. The highest BCUT2D eigenvalue weighted by atomic mass is 16.1. The van der Waals surface area contributed by atoms with Gasteiger partial charge in [-0.15, -0.1) is 0 Å². The van der Waals surface area contributed by atoms with Crippen molar-refractivity contribution >= 4 is 17.2 Å². The first-order chi connectivity index (χ1) is 12.2. The predicted octanol–water partition coefficient (Wildman–Crippen LogP) is 4.56. The molecular formula is C21H17N3O. The van der Waals surface area contributed by atoms with Gasteiger partial charge in [-0.2, -0.15) is 0 Å². The Balaban J connectivity index is 1.72. The number of benzene rings is 2. The number of aromatic nitrogens is 2. The van der Waals surface area contributed by atoms with Crippen molar-refractivity contribution in [2.75, 3.05) is 5.32 Å². The van der Waals surface area contributed by atoms with E-state index in [4.69, 9.17) is 0 Å². The zero-order valence-corrected chi connectivity index (χ0v) is 13.8. The molecule has 4 nitrogen and oxygen atoms in total. The van der Waals surface area contributed by atoms with Crippen LogP contribution >= 0.6 is 0 Å². The van der Waals surface area contributed by atoms with Gasteiger partial charge in [0.15, 0.2) is 5.65 Å². The monoisotopic (exact) mass is 327 g/mol. The first kappa shape index (κ1) is 15.1. The number of nitrogens with zero attached hydrogens (tertiary/aromatic N) is 2. The number of amides is 1. The molecule has 0 aliphatic rings. The van der Waals surface area contributed by atoms with Gasteiger partial charge < -0.3 is 9.72 Å². The van der Waals surface area contributed by atoms with Crippen LogP contribution in [0, 0.1) is 6.92 Å². The fraction of sp³-hybridized carbons (Fsp3) is 0.0476. The molecule has 4 heteroatoms. The second-order valence-electron chi connectivity index (χ2n) is 5.90. The van der Waals surface area contributed by atoms with Crippen molar-refractivity contribution < 1.29 is 4.79 Å². The summed E-state index contributed by atoms with van der Waals surface area (Å²) in [7, 11) is 0. The Labute approximate surface area is 145 Å². The van der Waals surface area contributed by atoms with Crippen LogP contribution in [0.15, 0.2) is 79.1 Å². The van der Waals surface area contributed by atoms with Gasteiger partial charge in [-0.1, -0.05) is 48.5 Å². The van der Waals surface area contributed by atoms with E-state index in [1.54, 1.807) is 0 Å². The SMILES string of the molecule is Cc1cn2cccc(NC(=O)c3ccccc3-c3ccccc3)c2n1. The summed E-state index contributed by atoms with van der Waals surface area (Å²) in [4.78, 5) is 17.4. The Morgan fingerprint density at radius 2 is 1.72 bits per heavy atom. The zero-order valence-electron chi connectivity index (χ0n) is 13.8. The highest BCUT2D eigenvalue weighted by molar-refractivity contribution is 6.10. The molecule has 0 aliphatic carbocycles. The summed E-state index contributed by atoms with van der Waals surface area (Å²) in [5, 5.41) is 3.00. The van der Waals surface area contributed by atoms with Crippen LogP contribution in [0.3, 0.4) is 0 Å². The second kappa shape index (κ2) is 6.24. The molecule has 25 heavy (non-hydrogen) atoms. The van der Waals surface area contributed by atoms with Crippen molar-refractivity contribution in [3.05, 3.63) is 90.4 Å². The van der Waals surface area contributed by atoms with Crippen molar-refractivity contribution in [1.82, 2.24) is 9.38 Å². The molecule has 122 valence electrons. The molecule has 2 aromatic heterocycles. The van der Waals surface area contributed by atoms with Gasteiger partial charge >= 0.3 is 0 Å². The minimum Gasteiger partial charge on any atom is -0.319 e. The molecule has 2 heterocycles. The minimum atomic E-state index is -0.145. The number of carbonyl (C=O) groups excluding carboxylic acids is 1. The molecule has 0 radical (unpaired) electrons. The molecule has 0 bridgehead atoms. The van der Waals surface area contributed by atoms with E-state index in [-0.39, 0.29) is 5.91 Å². The van der Waals surface area contributed by atoms with E-state index >= 15 is 0 Å². The number of pyridine rings is 1. The molecule has 0 saturated heterocycles. The average Bonchev–Trinajstić information content (AvgIpc) is 3.04. The fourth-order valence-corrected chi connectivity index (χ4v) is 2.97. The maximum atomic E-state index is 12.9. The topological polar surface area (TPSA) is 46.4 Å². The normalized spacial score (nSPS) is 10.8. The van der Waals surface area contributed by atoms with E-state index in [1.807, 2.05) is 90.4 Å². The van der Waals surface area contributed by atoms with E-state index in [9.17, 15) is 4.79 Å². The van der Waals surface area contributed by atoms with Crippen molar-refractivity contribution in [2.24, 2.45) is 0 Å². The van der Waals surface area contributed by atoms with Crippen molar-refractivity contribution in [1.29, 1.82) is 0 Å². The molecule has 2 aromatic carbocycles. The number of nitrogens with one attached hydrogen (secondary N) is 1. The molecule has 0 aliphatic heterocycles. The third kappa shape index (κ3) is 2.90. The summed E-state index contributed by atoms with van der Waals surface area (Å²) in [6, 6.07) is 21.3.